The molecule has 2 amide bonds. The van der Waals surface area contributed by atoms with Crippen LogP contribution in [0.2, 0.25) is 0 Å². The summed E-state index contributed by atoms with van der Waals surface area (Å²) in [6.45, 7) is 2.64. The zero-order valence-electron chi connectivity index (χ0n) is 13.4. The van der Waals surface area contributed by atoms with Gasteiger partial charge in [0.1, 0.15) is 10.0 Å². The summed E-state index contributed by atoms with van der Waals surface area (Å²) in [7, 11) is -3.83. The Morgan fingerprint density at radius 2 is 1.92 bits per heavy atom. The highest BCUT2D eigenvalue weighted by molar-refractivity contribution is 7.91. The molecule has 1 heterocycles. The minimum Gasteiger partial charge on any atom is -0.326 e. The highest BCUT2D eigenvalue weighted by atomic mass is 32.2. The number of hydrogen-bond donors (Lipinski definition) is 3. The van der Waals surface area contributed by atoms with Crippen molar-refractivity contribution in [2.75, 3.05) is 10.6 Å². The molecule has 0 aliphatic rings. The number of nitrogens with one attached hydrogen (secondary N) is 3. The second-order valence-corrected chi connectivity index (χ2v) is 8.03. The zero-order chi connectivity index (χ0) is 18.6. The van der Waals surface area contributed by atoms with Gasteiger partial charge in [0.15, 0.2) is 0 Å². The van der Waals surface area contributed by atoms with Gasteiger partial charge in [0.25, 0.3) is 10.0 Å². The number of anilines is 2. The van der Waals surface area contributed by atoms with Gasteiger partial charge in [-0.3, -0.25) is 9.59 Å². The van der Waals surface area contributed by atoms with Crippen LogP contribution in [-0.4, -0.2) is 26.3 Å². The number of thiophene rings is 1. The molecule has 1 aromatic heterocycles. The van der Waals surface area contributed by atoms with E-state index in [1.54, 1.807) is 11.4 Å². The molecule has 1 unspecified atom stereocenters. The molecule has 1 atom stereocenters. The quantitative estimate of drug-likeness (QED) is 0.709. The van der Waals surface area contributed by atoms with Gasteiger partial charge in [-0.2, -0.15) is 4.72 Å². The molecule has 10 heteroatoms. The SMILES string of the molecule is CC(=O)Nc1ccc(F)c(NC(=O)C(C)NS(=O)(=O)c2cccs2)c1. The van der Waals surface area contributed by atoms with Gasteiger partial charge in [-0.25, -0.2) is 12.8 Å². The fraction of sp³-hybridized carbons (Fsp3) is 0.200. The molecule has 2 aromatic rings. The first-order chi connectivity index (χ1) is 11.7. The maximum Gasteiger partial charge on any atom is 0.250 e. The lowest BCUT2D eigenvalue weighted by Gasteiger charge is -2.15. The molecule has 0 aliphatic carbocycles. The second kappa shape index (κ2) is 7.72. The molecule has 0 bridgehead atoms. The van der Waals surface area contributed by atoms with Gasteiger partial charge in [-0.1, -0.05) is 6.07 Å². The number of halogens is 1. The van der Waals surface area contributed by atoms with Crippen LogP contribution in [0.3, 0.4) is 0 Å². The third kappa shape index (κ3) is 5.08. The lowest BCUT2D eigenvalue weighted by molar-refractivity contribution is -0.117. The Morgan fingerprint density at radius 1 is 1.20 bits per heavy atom. The van der Waals surface area contributed by atoms with Crippen molar-refractivity contribution in [3.8, 4) is 0 Å². The molecule has 0 spiro atoms. The molecule has 0 saturated heterocycles. The van der Waals surface area contributed by atoms with Crippen molar-refractivity contribution in [1.29, 1.82) is 0 Å². The fourth-order valence-electron chi connectivity index (χ4n) is 1.90. The molecule has 3 N–H and O–H groups in total. The van der Waals surface area contributed by atoms with Gasteiger partial charge in [-0.15, -0.1) is 11.3 Å². The predicted octanol–water partition coefficient (Wildman–Crippen LogP) is 2.15. The molecule has 7 nitrogen and oxygen atoms in total. The zero-order valence-corrected chi connectivity index (χ0v) is 15.0. The maximum atomic E-state index is 13.8. The number of hydrogen-bond acceptors (Lipinski definition) is 5. The number of carbonyl (C=O) groups excluding carboxylic acids is 2. The Bertz CT molecular complexity index is 882. The topological polar surface area (TPSA) is 104 Å². The Hall–Kier alpha value is -2.30. The predicted molar refractivity (Wildman–Crippen MR) is 93.4 cm³/mol. The first kappa shape index (κ1) is 19.0. The number of carbonyl (C=O) groups is 2. The van der Waals surface area contributed by atoms with Crippen LogP contribution in [0, 0.1) is 5.82 Å². The number of rotatable bonds is 6. The van der Waals surface area contributed by atoms with Crippen LogP contribution in [-0.2, 0) is 19.6 Å². The van der Waals surface area contributed by atoms with E-state index in [4.69, 9.17) is 0 Å². The van der Waals surface area contributed by atoms with Crippen molar-refractivity contribution in [3.63, 3.8) is 0 Å². The van der Waals surface area contributed by atoms with Crippen molar-refractivity contribution in [2.45, 2.75) is 24.1 Å². The maximum absolute atomic E-state index is 13.8. The summed E-state index contributed by atoms with van der Waals surface area (Å²) >= 11 is 1.02. The molecule has 0 aliphatic heterocycles. The van der Waals surface area contributed by atoms with Crippen LogP contribution >= 0.6 is 11.3 Å². The minimum absolute atomic E-state index is 0.0750. The van der Waals surface area contributed by atoms with E-state index in [0.717, 1.165) is 17.4 Å². The summed E-state index contributed by atoms with van der Waals surface area (Å²) in [4.78, 5) is 23.2. The van der Waals surface area contributed by atoms with Gasteiger partial charge >= 0.3 is 0 Å². The van der Waals surface area contributed by atoms with Gasteiger partial charge in [-0.05, 0) is 36.6 Å². The first-order valence-electron chi connectivity index (χ1n) is 7.13. The summed E-state index contributed by atoms with van der Waals surface area (Å²) in [5, 5.41) is 6.37. The average molecular weight is 385 g/mol. The molecule has 1 aromatic carbocycles. The van der Waals surface area contributed by atoms with Crippen LogP contribution in [0.5, 0.6) is 0 Å². The molecule has 134 valence electrons. The van der Waals surface area contributed by atoms with Crippen LogP contribution < -0.4 is 15.4 Å². The lowest BCUT2D eigenvalue weighted by atomic mass is 10.2. The van der Waals surface area contributed by atoms with E-state index in [1.807, 2.05) is 0 Å². The number of amides is 2. The molecule has 25 heavy (non-hydrogen) atoms. The summed E-state index contributed by atoms with van der Waals surface area (Å²) in [6.07, 6.45) is 0. The second-order valence-electron chi connectivity index (χ2n) is 5.14. The van der Waals surface area contributed by atoms with Gasteiger partial charge in [0.2, 0.25) is 11.8 Å². The van der Waals surface area contributed by atoms with Gasteiger partial charge in [0, 0.05) is 12.6 Å². The standard InChI is InChI=1S/C15H16FN3O4S2/c1-9(19-25(22,23)14-4-3-7-24-14)15(21)18-13-8-11(17-10(2)20)5-6-12(13)16/h3-9,19H,1-2H3,(H,17,20)(H,18,21). The van der Waals surface area contributed by atoms with Crippen LogP contribution in [0.1, 0.15) is 13.8 Å². The largest absolute Gasteiger partial charge is 0.326 e. The fourth-order valence-corrected chi connectivity index (χ4v) is 4.12. The molecular weight excluding hydrogens is 369 g/mol. The van der Waals surface area contributed by atoms with Crippen molar-refractivity contribution >= 4 is 44.5 Å². The van der Waals surface area contributed by atoms with Gasteiger partial charge in [0.05, 0.1) is 11.7 Å². The van der Waals surface area contributed by atoms with Crippen molar-refractivity contribution in [3.05, 3.63) is 41.5 Å². The monoisotopic (exact) mass is 385 g/mol. The summed E-state index contributed by atoms with van der Waals surface area (Å²) in [6, 6.07) is 5.53. The molecule has 0 radical (unpaired) electrons. The van der Waals surface area contributed by atoms with Crippen molar-refractivity contribution in [2.24, 2.45) is 0 Å². The normalized spacial score (nSPS) is 12.4. The Balaban J connectivity index is 2.10. The van der Waals surface area contributed by atoms with E-state index in [0.29, 0.717) is 5.69 Å². The van der Waals surface area contributed by atoms with Crippen LogP contribution in [0.4, 0.5) is 15.8 Å². The van der Waals surface area contributed by atoms with Crippen molar-refractivity contribution in [1.82, 2.24) is 4.72 Å². The third-order valence-electron chi connectivity index (χ3n) is 3.03. The highest BCUT2D eigenvalue weighted by Gasteiger charge is 2.23. The van der Waals surface area contributed by atoms with Crippen molar-refractivity contribution < 1.29 is 22.4 Å². The molecule has 0 saturated carbocycles. The number of benzene rings is 1. The Kier molecular flexibility index (Phi) is 5.88. The minimum atomic E-state index is -3.83. The van der Waals surface area contributed by atoms with E-state index < -0.39 is 27.8 Å². The summed E-state index contributed by atoms with van der Waals surface area (Å²) in [5.74, 6) is -1.80. The van der Waals surface area contributed by atoms with Crippen LogP contribution in [0.25, 0.3) is 0 Å². The van der Waals surface area contributed by atoms with E-state index in [2.05, 4.69) is 15.4 Å². The van der Waals surface area contributed by atoms with Crippen LogP contribution in [0.15, 0.2) is 39.9 Å². The van der Waals surface area contributed by atoms with E-state index >= 15 is 0 Å². The summed E-state index contributed by atoms with van der Waals surface area (Å²) < 4.78 is 40.3. The summed E-state index contributed by atoms with van der Waals surface area (Å²) in [5.41, 5.74) is 0.134. The molecular formula is C15H16FN3O4S2. The Morgan fingerprint density at radius 3 is 2.52 bits per heavy atom. The molecule has 2 rings (SSSR count). The smallest absolute Gasteiger partial charge is 0.250 e. The Labute approximate surface area is 148 Å². The average Bonchev–Trinajstić information content (AvgIpc) is 3.04. The molecule has 0 fully saturated rings. The van der Waals surface area contributed by atoms with E-state index in [9.17, 15) is 22.4 Å². The number of sulfonamides is 1. The highest BCUT2D eigenvalue weighted by Crippen LogP contribution is 2.20. The lowest BCUT2D eigenvalue weighted by Crippen LogP contribution is -2.41. The van der Waals surface area contributed by atoms with Gasteiger partial charge < -0.3 is 10.6 Å². The van der Waals surface area contributed by atoms with E-state index in [-0.39, 0.29) is 15.8 Å². The third-order valence-corrected chi connectivity index (χ3v) is 5.97. The first-order valence-corrected chi connectivity index (χ1v) is 9.49. The van der Waals surface area contributed by atoms with E-state index in [1.165, 1.54) is 32.0 Å².